The second kappa shape index (κ2) is 6.87. The Kier molecular flexibility index (Phi) is 5.16. The SMILES string of the molecule is CNC(C)C1CCCCN1Cc1cccnc1OC. The van der Waals surface area contributed by atoms with Gasteiger partial charge in [-0.1, -0.05) is 12.5 Å². The van der Waals surface area contributed by atoms with Crippen molar-refractivity contribution in [3.05, 3.63) is 23.9 Å². The number of hydrogen-bond donors (Lipinski definition) is 1. The molecule has 4 nitrogen and oxygen atoms in total. The molecule has 1 fully saturated rings. The highest BCUT2D eigenvalue weighted by Gasteiger charge is 2.27. The average molecular weight is 263 g/mol. The molecule has 4 heteroatoms. The molecule has 0 aliphatic carbocycles. The minimum absolute atomic E-state index is 0.517. The molecule has 0 radical (unpaired) electrons. The van der Waals surface area contributed by atoms with E-state index in [9.17, 15) is 0 Å². The van der Waals surface area contributed by atoms with Gasteiger partial charge in [0.15, 0.2) is 0 Å². The van der Waals surface area contributed by atoms with E-state index in [1.165, 1.54) is 24.8 Å². The Balaban J connectivity index is 2.10. The lowest BCUT2D eigenvalue weighted by Crippen LogP contribution is -2.49. The maximum atomic E-state index is 5.36. The van der Waals surface area contributed by atoms with Crippen LogP contribution in [0.15, 0.2) is 18.3 Å². The van der Waals surface area contributed by atoms with E-state index in [1.54, 1.807) is 13.3 Å². The summed E-state index contributed by atoms with van der Waals surface area (Å²) in [6.07, 6.45) is 5.67. The van der Waals surface area contributed by atoms with E-state index >= 15 is 0 Å². The number of rotatable bonds is 5. The fourth-order valence-corrected chi connectivity index (χ4v) is 2.92. The summed E-state index contributed by atoms with van der Waals surface area (Å²) in [6, 6.07) is 5.21. The number of pyridine rings is 1. The molecule has 1 aliphatic rings. The second-order valence-electron chi connectivity index (χ2n) is 5.28. The van der Waals surface area contributed by atoms with Crippen LogP contribution in [0.25, 0.3) is 0 Å². The molecule has 2 rings (SSSR count). The van der Waals surface area contributed by atoms with Crippen molar-refractivity contribution in [2.45, 2.75) is 44.8 Å². The predicted octanol–water partition coefficient (Wildman–Crippen LogP) is 2.05. The Hall–Kier alpha value is -1.13. The highest BCUT2D eigenvalue weighted by atomic mass is 16.5. The summed E-state index contributed by atoms with van der Waals surface area (Å²) < 4.78 is 5.36. The van der Waals surface area contributed by atoms with Gasteiger partial charge < -0.3 is 10.1 Å². The third-order valence-corrected chi connectivity index (χ3v) is 4.11. The first kappa shape index (κ1) is 14.3. The lowest BCUT2D eigenvalue weighted by molar-refractivity contribution is 0.113. The van der Waals surface area contributed by atoms with E-state index < -0.39 is 0 Å². The van der Waals surface area contributed by atoms with Gasteiger partial charge in [-0.05, 0) is 39.4 Å². The van der Waals surface area contributed by atoms with Crippen LogP contribution in [0.1, 0.15) is 31.7 Å². The molecule has 0 aromatic carbocycles. The van der Waals surface area contributed by atoms with E-state index in [-0.39, 0.29) is 0 Å². The maximum absolute atomic E-state index is 5.36. The highest BCUT2D eigenvalue weighted by molar-refractivity contribution is 5.25. The van der Waals surface area contributed by atoms with Gasteiger partial charge in [-0.25, -0.2) is 4.98 Å². The molecule has 1 aliphatic heterocycles. The van der Waals surface area contributed by atoms with Gasteiger partial charge in [0, 0.05) is 30.4 Å². The monoisotopic (exact) mass is 263 g/mol. The molecule has 0 amide bonds. The summed E-state index contributed by atoms with van der Waals surface area (Å²) in [7, 11) is 3.73. The van der Waals surface area contributed by atoms with Crippen molar-refractivity contribution in [1.82, 2.24) is 15.2 Å². The van der Waals surface area contributed by atoms with Crippen LogP contribution in [-0.2, 0) is 6.54 Å². The molecule has 1 N–H and O–H groups in total. The van der Waals surface area contributed by atoms with Crippen LogP contribution < -0.4 is 10.1 Å². The van der Waals surface area contributed by atoms with E-state index in [2.05, 4.69) is 28.2 Å². The molecule has 2 heterocycles. The minimum Gasteiger partial charge on any atom is -0.481 e. The number of ether oxygens (including phenoxy) is 1. The standard InChI is InChI=1S/C15H25N3O/c1-12(16-2)14-8-4-5-10-18(14)11-13-7-6-9-17-15(13)19-3/h6-7,9,12,14,16H,4-5,8,10-11H2,1-3H3. The fraction of sp³-hybridized carbons (Fsp3) is 0.667. The third kappa shape index (κ3) is 3.45. The van der Waals surface area contributed by atoms with Crippen LogP contribution in [-0.4, -0.2) is 42.7 Å². The number of methoxy groups -OCH3 is 1. The van der Waals surface area contributed by atoms with Gasteiger partial charge in [0.1, 0.15) is 0 Å². The van der Waals surface area contributed by atoms with Crippen molar-refractivity contribution in [2.24, 2.45) is 0 Å². The smallest absolute Gasteiger partial charge is 0.217 e. The summed E-state index contributed by atoms with van der Waals surface area (Å²) in [5, 5.41) is 3.39. The zero-order valence-corrected chi connectivity index (χ0v) is 12.2. The largest absolute Gasteiger partial charge is 0.481 e. The van der Waals surface area contributed by atoms with Crippen LogP contribution in [0.2, 0.25) is 0 Å². The van der Waals surface area contributed by atoms with Crippen LogP contribution in [0.5, 0.6) is 5.88 Å². The molecule has 0 saturated carbocycles. The topological polar surface area (TPSA) is 37.4 Å². The Morgan fingerprint density at radius 1 is 1.53 bits per heavy atom. The van der Waals surface area contributed by atoms with E-state index in [4.69, 9.17) is 4.74 Å². The first-order chi connectivity index (χ1) is 9.26. The summed E-state index contributed by atoms with van der Waals surface area (Å²) >= 11 is 0. The van der Waals surface area contributed by atoms with Crippen LogP contribution in [0.3, 0.4) is 0 Å². The van der Waals surface area contributed by atoms with Gasteiger partial charge in [0.2, 0.25) is 5.88 Å². The maximum Gasteiger partial charge on any atom is 0.217 e. The number of nitrogens with one attached hydrogen (secondary N) is 1. The van der Waals surface area contributed by atoms with Crippen molar-refractivity contribution in [1.29, 1.82) is 0 Å². The molecule has 2 unspecified atom stereocenters. The van der Waals surface area contributed by atoms with Gasteiger partial charge in [0.25, 0.3) is 0 Å². The molecule has 1 saturated heterocycles. The molecule has 19 heavy (non-hydrogen) atoms. The van der Waals surface area contributed by atoms with Gasteiger partial charge in [-0.2, -0.15) is 0 Å². The van der Waals surface area contributed by atoms with Gasteiger partial charge in [-0.15, -0.1) is 0 Å². The second-order valence-corrected chi connectivity index (χ2v) is 5.28. The zero-order valence-electron chi connectivity index (χ0n) is 12.2. The molecule has 1 aromatic heterocycles. The first-order valence-corrected chi connectivity index (χ1v) is 7.15. The Bertz CT molecular complexity index is 397. The molecule has 0 bridgehead atoms. The van der Waals surface area contributed by atoms with E-state index in [0.29, 0.717) is 12.1 Å². The number of likely N-dealkylation sites (tertiary alicyclic amines) is 1. The average Bonchev–Trinajstić information content (AvgIpc) is 2.47. The van der Waals surface area contributed by atoms with Gasteiger partial charge in [0.05, 0.1) is 7.11 Å². The van der Waals surface area contributed by atoms with Crippen molar-refractivity contribution in [2.75, 3.05) is 20.7 Å². The van der Waals surface area contributed by atoms with Crippen molar-refractivity contribution in [3.63, 3.8) is 0 Å². The Labute approximate surface area is 116 Å². The predicted molar refractivity (Wildman–Crippen MR) is 77.4 cm³/mol. The van der Waals surface area contributed by atoms with Crippen molar-refractivity contribution >= 4 is 0 Å². The number of nitrogens with zero attached hydrogens (tertiary/aromatic N) is 2. The molecular formula is C15H25N3O. The Morgan fingerprint density at radius 3 is 3.11 bits per heavy atom. The molecule has 1 aromatic rings. The van der Waals surface area contributed by atoms with Crippen LogP contribution in [0.4, 0.5) is 0 Å². The number of piperidine rings is 1. The number of aromatic nitrogens is 1. The van der Waals surface area contributed by atoms with E-state index in [1.807, 2.05) is 13.1 Å². The highest BCUT2D eigenvalue weighted by Crippen LogP contribution is 2.24. The summed E-state index contributed by atoms with van der Waals surface area (Å²) in [5.74, 6) is 0.754. The van der Waals surface area contributed by atoms with Crippen LogP contribution >= 0.6 is 0 Å². The number of hydrogen-bond acceptors (Lipinski definition) is 4. The summed E-state index contributed by atoms with van der Waals surface area (Å²) in [5.41, 5.74) is 1.18. The fourth-order valence-electron chi connectivity index (χ4n) is 2.92. The molecule has 0 spiro atoms. The van der Waals surface area contributed by atoms with Crippen molar-refractivity contribution in [3.8, 4) is 5.88 Å². The first-order valence-electron chi connectivity index (χ1n) is 7.15. The summed E-state index contributed by atoms with van der Waals surface area (Å²) in [6.45, 7) is 4.35. The van der Waals surface area contributed by atoms with Crippen LogP contribution in [0, 0.1) is 0 Å². The summed E-state index contributed by atoms with van der Waals surface area (Å²) in [4.78, 5) is 6.85. The van der Waals surface area contributed by atoms with Crippen molar-refractivity contribution < 1.29 is 4.74 Å². The molecule has 2 atom stereocenters. The quantitative estimate of drug-likeness (QED) is 0.882. The third-order valence-electron chi connectivity index (χ3n) is 4.11. The lowest BCUT2D eigenvalue weighted by atomic mass is 9.96. The molecular weight excluding hydrogens is 238 g/mol. The molecule has 106 valence electrons. The van der Waals surface area contributed by atoms with Gasteiger partial charge in [-0.3, -0.25) is 4.90 Å². The minimum atomic E-state index is 0.517. The van der Waals surface area contributed by atoms with E-state index in [0.717, 1.165) is 19.0 Å². The number of likely N-dealkylation sites (N-methyl/N-ethyl adjacent to an activating group) is 1. The van der Waals surface area contributed by atoms with Gasteiger partial charge >= 0.3 is 0 Å². The Morgan fingerprint density at radius 2 is 2.37 bits per heavy atom. The lowest BCUT2D eigenvalue weighted by Gasteiger charge is -2.39. The zero-order chi connectivity index (χ0) is 13.7. The normalized spacial score (nSPS) is 22.2.